The minimum Gasteiger partial charge on any atom is -0.344 e. The van der Waals surface area contributed by atoms with Gasteiger partial charge in [-0.15, -0.1) is 0 Å². The zero-order valence-electron chi connectivity index (χ0n) is 16.3. The molecule has 1 aromatic heterocycles. The van der Waals surface area contributed by atoms with Crippen LogP contribution in [0.5, 0.6) is 0 Å². The number of fused-ring (bicyclic) bond motifs is 4. The molecule has 0 saturated heterocycles. The van der Waals surface area contributed by atoms with Crippen molar-refractivity contribution in [2.24, 2.45) is 12.0 Å². The van der Waals surface area contributed by atoms with Gasteiger partial charge in [0.15, 0.2) is 0 Å². The molecule has 0 aliphatic carbocycles. The lowest BCUT2D eigenvalue weighted by molar-refractivity contribution is 1.01. The minimum absolute atomic E-state index is 0.904. The highest BCUT2D eigenvalue weighted by Crippen LogP contribution is 2.34. The Morgan fingerprint density at radius 3 is 2.07 bits per heavy atom. The van der Waals surface area contributed by atoms with Crippen LogP contribution in [0, 0.1) is 0 Å². The molecule has 0 spiro atoms. The number of aryl methyl sites for hydroxylation is 1. The van der Waals surface area contributed by atoms with Crippen LogP contribution in [-0.4, -0.2) is 10.3 Å². The lowest BCUT2D eigenvalue weighted by Gasteiger charge is -2.03. The Labute approximate surface area is 169 Å². The molecule has 138 valence electrons. The number of hydrogen-bond acceptors (Lipinski definition) is 1. The zero-order chi connectivity index (χ0) is 19.4. The highest BCUT2D eigenvalue weighted by molar-refractivity contribution is 6.14. The molecule has 2 heteroatoms. The zero-order valence-corrected chi connectivity index (χ0v) is 16.3. The smallest absolute Gasteiger partial charge is 0.0669 e. The van der Waals surface area contributed by atoms with Gasteiger partial charge in [0.2, 0.25) is 0 Å². The fourth-order valence-electron chi connectivity index (χ4n) is 4.51. The van der Waals surface area contributed by atoms with E-state index >= 15 is 0 Å². The minimum atomic E-state index is 0.904. The van der Waals surface area contributed by atoms with Crippen LogP contribution in [0.25, 0.3) is 32.9 Å². The molecule has 4 aromatic carbocycles. The normalized spacial score (nSPS) is 13.1. The molecule has 0 unspecified atom stereocenters. The second-order valence-electron chi connectivity index (χ2n) is 7.75. The standard InChI is InChI=1S/C27H20N2/c1-29-26-13-11-19(18-7-3-2-4-8-18)15-22(26)23-16-21(12-14-27(23)29)25-17-20-9-5-6-10-24(20)28-25/h2-16H,17H2,1H3. The maximum atomic E-state index is 4.89. The lowest BCUT2D eigenvalue weighted by Crippen LogP contribution is -2.00. The van der Waals surface area contributed by atoms with Crippen molar-refractivity contribution in [3.63, 3.8) is 0 Å². The maximum Gasteiger partial charge on any atom is 0.0669 e. The number of nitrogens with zero attached hydrogens (tertiary/aromatic N) is 2. The van der Waals surface area contributed by atoms with Crippen LogP contribution in [0.3, 0.4) is 0 Å². The van der Waals surface area contributed by atoms with Crippen molar-refractivity contribution in [1.29, 1.82) is 0 Å². The highest BCUT2D eigenvalue weighted by atomic mass is 14.9. The van der Waals surface area contributed by atoms with E-state index in [1.165, 1.54) is 44.1 Å². The molecular weight excluding hydrogens is 352 g/mol. The van der Waals surface area contributed by atoms with Gasteiger partial charge < -0.3 is 4.57 Å². The molecule has 2 heterocycles. The van der Waals surface area contributed by atoms with E-state index in [0.717, 1.165) is 17.8 Å². The summed E-state index contributed by atoms with van der Waals surface area (Å²) in [6.07, 6.45) is 0.904. The average molecular weight is 372 g/mol. The number of para-hydroxylation sites is 1. The van der Waals surface area contributed by atoms with Gasteiger partial charge in [-0.2, -0.15) is 0 Å². The third-order valence-corrected chi connectivity index (χ3v) is 6.05. The molecule has 0 N–H and O–H groups in total. The Bertz CT molecular complexity index is 1420. The third kappa shape index (κ3) is 2.53. The Morgan fingerprint density at radius 1 is 0.655 bits per heavy atom. The second kappa shape index (κ2) is 6.18. The predicted octanol–water partition coefficient (Wildman–Crippen LogP) is 6.68. The maximum absolute atomic E-state index is 4.89. The molecule has 6 rings (SSSR count). The van der Waals surface area contributed by atoms with E-state index in [0.29, 0.717) is 0 Å². The van der Waals surface area contributed by atoms with E-state index in [2.05, 4.69) is 103 Å². The molecule has 0 amide bonds. The van der Waals surface area contributed by atoms with E-state index in [9.17, 15) is 0 Å². The summed E-state index contributed by atoms with van der Waals surface area (Å²) in [6.45, 7) is 0. The van der Waals surface area contributed by atoms with Crippen LogP contribution >= 0.6 is 0 Å². The van der Waals surface area contributed by atoms with Crippen molar-refractivity contribution >= 4 is 33.2 Å². The van der Waals surface area contributed by atoms with Crippen molar-refractivity contribution in [3.8, 4) is 11.1 Å². The number of hydrogen-bond donors (Lipinski definition) is 0. The molecule has 2 nitrogen and oxygen atoms in total. The predicted molar refractivity (Wildman–Crippen MR) is 122 cm³/mol. The number of benzene rings is 4. The van der Waals surface area contributed by atoms with E-state index in [4.69, 9.17) is 4.99 Å². The summed E-state index contributed by atoms with van der Waals surface area (Å²) >= 11 is 0. The van der Waals surface area contributed by atoms with Gasteiger partial charge >= 0.3 is 0 Å². The first-order valence-corrected chi connectivity index (χ1v) is 10.0. The van der Waals surface area contributed by atoms with Crippen LogP contribution in [-0.2, 0) is 13.5 Å². The van der Waals surface area contributed by atoms with Gasteiger partial charge in [-0.05, 0) is 52.6 Å². The van der Waals surface area contributed by atoms with Crippen LogP contribution in [0.2, 0.25) is 0 Å². The van der Waals surface area contributed by atoms with Gasteiger partial charge in [0.1, 0.15) is 0 Å². The second-order valence-corrected chi connectivity index (χ2v) is 7.75. The molecule has 1 aliphatic rings. The number of rotatable bonds is 2. The molecule has 5 aromatic rings. The fraction of sp³-hybridized carbons (Fsp3) is 0.0741. The van der Waals surface area contributed by atoms with Gasteiger partial charge in [0.25, 0.3) is 0 Å². The van der Waals surface area contributed by atoms with E-state index < -0.39 is 0 Å². The highest BCUT2D eigenvalue weighted by Gasteiger charge is 2.17. The molecule has 0 radical (unpaired) electrons. The first-order chi connectivity index (χ1) is 14.3. The molecule has 0 atom stereocenters. The van der Waals surface area contributed by atoms with Crippen LogP contribution in [0.4, 0.5) is 5.69 Å². The largest absolute Gasteiger partial charge is 0.344 e. The molecule has 1 aliphatic heterocycles. The van der Waals surface area contributed by atoms with Gasteiger partial charge in [0.05, 0.1) is 11.4 Å². The van der Waals surface area contributed by atoms with E-state index in [1.54, 1.807) is 0 Å². The lowest BCUT2D eigenvalue weighted by atomic mass is 10.00. The topological polar surface area (TPSA) is 17.3 Å². The summed E-state index contributed by atoms with van der Waals surface area (Å²) in [7, 11) is 2.15. The quantitative estimate of drug-likeness (QED) is 0.329. The first kappa shape index (κ1) is 16.3. The molecule has 29 heavy (non-hydrogen) atoms. The first-order valence-electron chi connectivity index (χ1n) is 10.0. The summed E-state index contributed by atoms with van der Waals surface area (Å²) in [4.78, 5) is 4.89. The molecular formula is C27H20N2. The Kier molecular flexibility index (Phi) is 3.48. The van der Waals surface area contributed by atoms with Gasteiger partial charge in [-0.3, -0.25) is 4.99 Å². The summed E-state index contributed by atoms with van der Waals surface area (Å²) in [5.41, 5.74) is 9.80. The Morgan fingerprint density at radius 2 is 1.31 bits per heavy atom. The Hall–Kier alpha value is -3.65. The van der Waals surface area contributed by atoms with Gasteiger partial charge in [-0.1, -0.05) is 60.7 Å². The molecule has 0 bridgehead atoms. The van der Waals surface area contributed by atoms with Crippen molar-refractivity contribution in [2.45, 2.75) is 6.42 Å². The molecule has 0 fully saturated rings. The van der Waals surface area contributed by atoms with E-state index in [-0.39, 0.29) is 0 Å². The van der Waals surface area contributed by atoms with E-state index in [1.807, 2.05) is 0 Å². The summed E-state index contributed by atoms with van der Waals surface area (Å²) < 4.78 is 2.29. The summed E-state index contributed by atoms with van der Waals surface area (Å²) in [5.74, 6) is 0. The summed E-state index contributed by atoms with van der Waals surface area (Å²) in [6, 6.07) is 32.6. The molecule has 0 saturated carbocycles. The Balaban J connectivity index is 1.53. The van der Waals surface area contributed by atoms with Gasteiger partial charge in [-0.25, -0.2) is 0 Å². The van der Waals surface area contributed by atoms with Crippen molar-refractivity contribution in [3.05, 3.63) is 102 Å². The van der Waals surface area contributed by atoms with Crippen LogP contribution < -0.4 is 0 Å². The number of aromatic nitrogens is 1. The van der Waals surface area contributed by atoms with Crippen LogP contribution in [0.15, 0.2) is 96.0 Å². The number of aliphatic imine (C=N–C) groups is 1. The SMILES string of the molecule is Cn1c2ccc(C3=Nc4ccccc4C3)cc2c2cc(-c3ccccc3)ccc21. The van der Waals surface area contributed by atoms with Crippen molar-refractivity contribution in [2.75, 3.05) is 0 Å². The monoisotopic (exact) mass is 372 g/mol. The fourth-order valence-corrected chi connectivity index (χ4v) is 4.51. The van der Waals surface area contributed by atoms with Crippen molar-refractivity contribution in [1.82, 2.24) is 4.57 Å². The third-order valence-electron chi connectivity index (χ3n) is 6.05. The van der Waals surface area contributed by atoms with Gasteiger partial charge in [0, 0.05) is 35.3 Å². The van der Waals surface area contributed by atoms with Crippen LogP contribution in [0.1, 0.15) is 11.1 Å². The summed E-state index contributed by atoms with van der Waals surface area (Å²) in [5, 5.41) is 2.58. The van der Waals surface area contributed by atoms with Crippen molar-refractivity contribution < 1.29 is 0 Å². The average Bonchev–Trinajstić information content (AvgIpc) is 3.33.